The average molecular weight is 370 g/mol. The second kappa shape index (κ2) is 8.73. The summed E-state index contributed by atoms with van der Waals surface area (Å²) in [6.07, 6.45) is 1.50. The van der Waals surface area contributed by atoms with Crippen LogP contribution in [-0.2, 0) is 11.3 Å². The molecule has 0 atom stereocenters. The minimum atomic E-state index is -0.0923. The highest BCUT2D eigenvalue weighted by Gasteiger charge is 2.24. The molecule has 2 amide bonds. The van der Waals surface area contributed by atoms with Crippen LogP contribution in [0.1, 0.15) is 16.1 Å². The minimum absolute atomic E-state index is 0.00232. The molecule has 1 saturated heterocycles. The van der Waals surface area contributed by atoms with E-state index in [1.165, 1.54) is 6.26 Å². The predicted octanol–water partition coefficient (Wildman–Crippen LogP) is 1.42. The van der Waals surface area contributed by atoms with Crippen LogP contribution in [0.2, 0.25) is 0 Å². The molecule has 1 aromatic carbocycles. The van der Waals surface area contributed by atoms with E-state index in [1.54, 1.807) is 17.0 Å². The highest BCUT2D eigenvalue weighted by atomic mass is 16.3. The first-order valence-electron chi connectivity index (χ1n) is 9.11. The molecule has 3 rings (SSSR count). The van der Waals surface area contributed by atoms with Gasteiger partial charge >= 0.3 is 0 Å². The van der Waals surface area contributed by atoms with E-state index < -0.39 is 0 Å². The zero-order chi connectivity index (χ0) is 19.2. The number of amides is 2. The van der Waals surface area contributed by atoms with Gasteiger partial charge in [-0.15, -0.1) is 0 Å². The van der Waals surface area contributed by atoms with Crippen molar-refractivity contribution in [2.24, 2.45) is 0 Å². The summed E-state index contributed by atoms with van der Waals surface area (Å²) >= 11 is 0. The van der Waals surface area contributed by atoms with Gasteiger partial charge in [0.25, 0.3) is 5.91 Å². The molecule has 0 saturated carbocycles. The van der Waals surface area contributed by atoms with Gasteiger partial charge in [-0.3, -0.25) is 14.5 Å². The molecule has 1 aliphatic rings. The molecule has 2 heterocycles. The Morgan fingerprint density at radius 3 is 2.37 bits per heavy atom. The quantitative estimate of drug-likeness (QED) is 0.833. The van der Waals surface area contributed by atoms with E-state index in [0.717, 1.165) is 11.3 Å². The summed E-state index contributed by atoms with van der Waals surface area (Å²) in [5.74, 6) is 0.268. The molecule has 0 bridgehead atoms. The number of anilines is 1. The highest BCUT2D eigenvalue weighted by molar-refractivity contribution is 5.91. The first-order chi connectivity index (χ1) is 13.0. The zero-order valence-electron chi connectivity index (χ0n) is 15.9. The largest absolute Gasteiger partial charge is 0.459 e. The lowest BCUT2D eigenvalue weighted by Crippen LogP contribution is -2.51. The molecule has 1 aliphatic heterocycles. The first-order valence-corrected chi connectivity index (χ1v) is 9.11. The Morgan fingerprint density at radius 2 is 1.78 bits per heavy atom. The van der Waals surface area contributed by atoms with Gasteiger partial charge in [-0.05, 0) is 29.8 Å². The third-order valence-corrected chi connectivity index (χ3v) is 4.70. The maximum absolute atomic E-state index is 12.2. The number of rotatable bonds is 6. The van der Waals surface area contributed by atoms with Crippen LogP contribution in [0, 0.1) is 0 Å². The van der Waals surface area contributed by atoms with E-state index in [0.29, 0.717) is 45.0 Å². The Balaban J connectivity index is 1.39. The summed E-state index contributed by atoms with van der Waals surface area (Å²) in [6, 6.07) is 11.5. The molecule has 144 valence electrons. The van der Waals surface area contributed by atoms with Crippen LogP contribution in [0.4, 0.5) is 5.69 Å². The van der Waals surface area contributed by atoms with Crippen LogP contribution in [0.15, 0.2) is 47.1 Å². The lowest BCUT2D eigenvalue weighted by atomic mass is 10.2. The molecule has 2 aromatic rings. The molecule has 27 heavy (non-hydrogen) atoms. The van der Waals surface area contributed by atoms with E-state index in [9.17, 15) is 9.59 Å². The molecule has 0 unspecified atom stereocenters. The summed E-state index contributed by atoms with van der Waals surface area (Å²) in [6.45, 7) is 3.41. The maximum Gasteiger partial charge on any atom is 0.289 e. The smallest absolute Gasteiger partial charge is 0.289 e. The molecule has 1 N–H and O–H groups in total. The molecule has 1 aromatic heterocycles. The van der Waals surface area contributed by atoms with Crippen molar-refractivity contribution in [2.75, 3.05) is 51.7 Å². The molecule has 1 fully saturated rings. The minimum Gasteiger partial charge on any atom is -0.459 e. The SMILES string of the molecule is CN(C)c1ccc(CNC(=O)CN2CCN(C(=O)c3ccco3)CC2)cc1. The van der Waals surface area contributed by atoms with Gasteiger partial charge in [0, 0.05) is 52.5 Å². The molecular weight excluding hydrogens is 344 g/mol. The number of carbonyl (C=O) groups is 2. The van der Waals surface area contributed by atoms with E-state index in [2.05, 4.69) is 10.2 Å². The number of hydrogen-bond acceptors (Lipinski definition) is 5. The fourth-order valence-electron chi connectivity index (χ4n) is 3.04. The molecule has 0 spiro atoms. The maximum atomic E-state index is 12.2. The van der Waals surface area contributed by atoms with Crippen molar-refractivity contribution in [3.8, 4) is 0 Å². The van der Waals surface area contributed by atoms with Crippen molar-refractivity contribution in [3.05, 3.63) is 54.0 Å². The lowest BCUT2D eigenvalue weighted by molar-refractivity contribution is -0.122. The van der Waals surface area contributed by atoms with Crippen molar-refractivity contribution in [2.45, 2.75) is 6.54 Å². The fourth-order valence-corrected chi connectivity index (χ4v) is 3.04. The van der Waals surface area contributed by atoms with E-state index in [-0.39, 0.29) is 11.8 Å². The molecule has 7 heteroatoms. The van der Waals surface area contributed by atoms with Gasteiger partial charge in [-0.25, -0.2) is 0 Å². The third-order valence-electron chi connectivity index (χ3n) is 4.70. The fraction of sp³-hybridized carbons (Fsp3) is 0.400. The van der Waals surface area contributed by atoms with Gasteiger partial charge in [0.15, 0.2) is 5.76 Å². The number of nitrogens with zero attached hydrogens (tertiary/aromatic N) is 3. The van der Waals surface area contributed by atoms with Gasteiger partial charge in [-0.2, -0.15) is 0 Å². The Hall–Kier alpha value is -2.80. The van der Waals surface area contributed by atoms with Crippen LogP contribution in [-0.4, -0.2) is 68.4 Å². The van der Waals surface area contributed by atoms with E-state index in [4.69, 9.17) is 4.42 Å². The van der Waals surface area contributed by atoms with Crippen LogP contribution in [0.25, 0.3) is 0 Å². The summed E-state index contributed by atoms with van der Waals surface area (Å²) in [4.78, 5) is 30.3. The van der Waals surface area contributed by atoms with Gasteiger partial charge < -0.3 is 19.5 Å². The highest BCUT2D eigenvalue weighted by Crippen LogP contribution is 2.12. The van der Waals surface area contributed by atoms with Crippen LogP contribution in [0.3, 0.4) is 0 Å². The monoisotopic (exact) mass is 370 g/mol. The predicted molar refractivity (Wildman–Crippen MR) is 104 cm³/mol. The van der Waals surface area contributed by atoms with Crippen molar-refractivity contribution in [1.29, 1.82) is 0 Å². The first kappa shape index (κ1) is 19.0. The van der Waals surface area contributed by atoms with Gasteiger partial charge in [0.2, 0.25) is 5.91 Å². The van der Waals surface area contributed by atoms with Crippen LogP contribution in [0.5, 0.6) is 0 Å². The van der Waals surface area contributed by atoms with Gasteiger partial charge in [-0.1, -0.05) is 12.1 Å². The number of piperazine rings is 1. The van der Waals surface area contributed by atoms with E-state index >= 15 is 0 Å². The second-order valence-electron chi connectivity index (χ2n) is 6.88. The number of nitrogens with one attached hydrogen (secondary N) is 1. The average Bonchev–Trinajstić information content (AvgIpc) is 3.21. The lowest BCUT2D eigenvalue weighted by Gasteiger charge is -2.33. The van der Waals surface area contributed by atoms with Gasteiger partial charge in [0.05, 0.1) is 12.8 Å². The standard InChI is InChI=1S/C20H26N4O3/c1-22(2)17-7-5-16(6-8-17)14-21-19(25)15-23-9-11-24(12-10-23)20(26)18-4-3-13-27-18/h3-8,13H,9-12,14-15H2,1-2H3,(H,21,25). The molecule has 0 radical (unpaired) electrons. The second-order valence-corrected chi connectivity index (χ2v) is 6.88. The van der Waals surface area contributed by atoms with Crippen molar-refractivity contribution in [1.82, 2.24) is 15.1 Å². The summed E-state index contributed by atoms with van der Waals surface area (Å²) in [5, 5.41) is 2.96. The third kappa shape index (κ3) is 5.10. The van der Waals surface area contributed by atoms with Crippen molar-refractivity contribution in [3.63, 3.8) is 0 Å². The number of carbonyl (C=O) groups excluding carboxylic acids is 2. The molecular formula is C20H26N4O3. The van der Waals surface area contributed by atoms with Crippen molar-refractivity contribution >= 4 is 17.5 Å². The van der Waals surface area contributed by atoms with Crippen LogP contribution >= 0.6 is 0 Å². The number of hydrogen-bond donors (Lipinski definition) is 1. The topological polar surface area (TPSA) is 69.0 Å². The number of benzene rings is 1. The van der Waals surface area contributed by atoms with E-state index in [1.807, 2.05) is 43.3 Å². The zero-order valence-corrected chi connectivity index (χ0v) is 15.9. The Kier molecular flexibility index (Phi) is 6.13. The summed E-state index contributed by atoms with van der Waals surface area (Å²) in [7, 11) is 4.00. The Morgan fingerprint density at radius 1 is 1.07 bits per heavy atom. The van der Waals surface area contributed by atoms with Crippen LogP contribution < -0.4 is 10.2 Å². The summed E-state index contributed by atoms with van der Waals surface area (Å²) < 4.78 is 5.16. The Labute approximate surface area is 159 Å². The Bertz CT molecular complexity index is 748. The van der Waals surface area contributed by atoms with Gasteiger partial charge in [0.1, 0.15) is 0 Å². The molecule has 0 aliphatic carbocycles. The number of furan rings is 1. The van der Waals surface area contributed by atoms with Crippen molar-refractivity contribution < 1.29 is 14.0 Å². The normalized spacial score (nSPS) is 14.8. The molecule has 7 nitrogen and oxygen atoms in total. The summed E-state index contributed by atoms with van der Waals surface area (Å²) in [5.41, 5.74) is 2.20.